The number of methoxy groups -OCH3 is 1. The van der Waals surface area contributed by atoms with Crippen LogP contribution < -0.4 is 15.4 Å². The monoisotopic (exact) mass is 614 g/mol. The highest BCUT2D eigenvalue weighted by Gasteiger charge is 2.54. The Bertz CT molecular complexity index is 1560. The minimum atomic E-state index is -0.218. The average Bonchev–Trinajstić information content (AvgIpc) is 3.41. The highest BCUT2D eigenvalue weighted by molar-refractivity contribution is 6.29. The Morgan fingerprint density at radius 3 is 2.16 bits per heavy atom. The van der Waals surface area contributed by atoms with E-state index in [9.17, 15) is 14.7 Å². The first-order chi connectivity index (χ1) is 21.3. The molecule has 1 unspecified atom stereocenters. The van der Waals surface area contributed by atoms with Gasteiger partial charge in [0.25, 0.3) is 0 Å². The molecule has 44 heavy (non-hydrogen) atoms. The number of likely N-dealkylation sites (tertiary alicyclic amines) is 1. The average molecular weight is 615 g/mol. The van der Waals surface area contributed by atoms with Crippen LogP contribution in [0, 0.1) is 5.41 Å². The number of aliphatic hydroxyl groups excluding tert-OH is 1. The first-order valence-corrected chi connectivity index (χ1v) is 15.7. The van der Waals surface area contributed by atoms with E-state index in [0.717, 1.165) is 55.3 Å². The molecule has 0 radical (unpaired) electrons. The number of fused-ring (bicyclic) bond motifs is 3. The normalized spacial score (nSPS) is 18.9. The van der Waals surface area contributed by atoms with Gasteiger partial charge in [-0.2, -0.15) is 0 Å². The van der Waals surface area contributed by atoms with Crippen LogP contribution in [0.2, 0.25) is 0 Å². The smallest absolute Gasteiger partial charge is 0.239 e. The molecule has 6 rings (SSSR count). The van der Waals surface area contributed by atoms with Crippen molar-refractivity contribution in [2.45, 2.75) is 38.9 Å². The van der Waals surface area contributed by atoms with Crippen molar-refractivity contribution < 1.29 is 19.4 Å². The van der Waals surface area contributed by atoms with Crippen LogP contribution in [0.4, 0.5) is 11.4 Å². The summed E-state index contributed by atoms with van der Waals surface area (Å²) in [5.74, 6) is 0.565. The fourth-order valence-corrected chi connectivity index (χ4v) is 7.22. The van der Waals surface area contributed by atoms with Gasteiger partial charge in [0.2, 0.25) is 11.8 Å². The summed E-state index contributed by atoms with van der Waals surface area (Å²) in [6.07, 6.45) is 1.25. The third kappa shape index (κ3) is 6.00. The molecule has 3 aliphatic rings. The molecule has 2 aliphatic heterocycles. The Kier molecular flexibility index (Phi) is 8.78. The topological polar surface area (TPSA) is 94.1 Å². The van der Waals surface area contributed by atoms with Crippen LogP contribution in [0.15, 0.2) is 72.3 Å². The zero-order valence-corrected chi connectivity index (χ0v) is 26.0. The molecule has 0 aromatic heterocycles. The molecule has 1 aliphatic carbocycles. The summed E-state index contributed by atoms with van der Waals surface area (Å²) in [7, 11) is 1.70. The number of rotatable bonds is 10. The second-order valence-electron chi connectivity index (χ2n) is 12.1. The van der Waals surface area contributed by atoms with E-state index in [0.29, 0.717) is 13.0 Å². The van der Waals surface area contributed by atoms with Crippen LogP contribution in [0.5, 0.6) is 5.75 Å². The second-order valence-corrected chi connectivity index (χ2v) is 12.4. The number of nitrogens with one attached hydrogen (secondary N) is 2. The number of ether oxygens (including phenoxy) is 1. The lowest BCUT2D eigenvalue weighted by Gasteiger charge is -2.57. The number of carbonyl (C=O) groups is 2. The van der Waals surface area contributed by atoms with E-state index in [4.69, 9.17) is 16.3 Å². The van der Waals surface area contributed by atoms with Crippen molar-refractivity contribution in [3.05, 3.63) is 94.6 Å². The van der Waals surface area contributed by atoms with Crippen LogP contribution in [-0.2, 0) is 29.1 Å². The van der Waals surface area contributed by atoms with Gasteiger partial charge in [0, 0.05) is 55.9 Å². The van der Waals surface area contributed by atoms with Crippen molar-refractivity contribution in [3.8, 4) is 5.75 Å². The lowest BCUT2D eigenvalue weighted by Crippen LogP contribution is -2.64. The van der Waals surface area contributed by atoms with E-state index < -0.39 is 0 Å². The van der Waals surface area contributed by atoms with Gasteiger partial charge in [-0.1, -0.05) is 37.3 Å². The Morgan fingerprint density at radius 1 is 0.932 bits per heavy atom. The fraction of sp³-hybridized carbons (Fsp3) is 0.371. The van der Waals surface area contributed by atoms with Crippen LogP contribution in [0.25, 0.3) is 5.57 Å². The van der Waals surface area contributed by atoms with E-state index in [1.54, 1.807) is 7.11 Å². The molecular weight excluding hydrogens is 576 g/mol. The number of carbonyl (C=O) groups excluding carboxylic acids is 2. The second kappa shape index (κ2) is 12.7. The molecule has 1 saturated heterocycles. The van der Waals surface area contributed by atoms with Crippen molar-refractivity contribution in [1.82, 2.24) is 9.80 Å². The molecule has 1 spiro atoms. The lowest BCUT2D eigenvalue weighted by atomic mass is 9.66. The molecule has 3 aromatic rings. The van der Waals surface area contributed by atoms with E-state index in [2.05, 4.69) is 56.8 Å². The number of anilines is 2. The Labute approximate surface area is 263 Å². The van der Waals surface area contributed by atoms with Gasteiger partial charge < -0.3 is 20.5 Å². The molecule has 2 amide bonds. The summed E-state index contributed by atoms with van der Waals surface area (Å²) < 4.78 is 5.56. The molecule has 8 nitrogen and oxygen atoms in total. The molecule has 9 heteroatoms. The molecule has 230 valence electrons. The molecule has 1 atom stereocenters. The van der Waals surface area contributed by atoms with E-state index >= 15 is 0 Å². The van der Waals surface area contributed by atoms with Gasteiger partial charge in [-0.15, -0.1) is 11.6 Å². The van der Waals surface area contributed by atoms with Gasteiger partial charge in [0.15, 0.2) is 0 Å². The number of hydrogen-bond donors (Lipinski definition) is 3. The van der Waals surface area contributed by atoms with Crippen LogP contribution in [0.3, 0.4) is 0 Å². The maximum Gasteiger partial charge on any atom is 0.239 e. The summed E-state index contributed by atoms with van der Waals surface area (Å²) in [5.41, 5.74) is 9.08. The van der Waals surface area contributed by atoms with Crippen LogP contribution in [0.1, 0.15) is 35.6 Å². The zero-order valence-electron chi connectivity index (χ0n) is 25.2. The SMILES string of the molecule is CCC(=O)Nc1ccc(CN2CC3(CN(Cc4ccc(NC(=O)CCl)cc4)C3)C3=C(Cc4cc(OC)ccc43)C2CO)cc1. The summed E-state index contributed by atoms with van der Waals surface area (Å²) in [6, 6.07) is 22.3. The summed E-state index contributed by atoms with van der Waals surface area (Å²) in [4.78, 5) is 28.4. The highest BCUT2D eigenvalue weighted by atomic mass is 35.5. The molecular formula is C35H39ClN4O4. The standard InChI is InChI=1S/C35H39ClN4O4/c1-3-32(42)37-26-10-6-24(7-11-26)18-40-22-35(20-39(21-35)17-23-4-8-27(9-5-23)38-33(43)16-36)34-29-13-12-28(44-2)14-25(29)15-30(34)31(40)19-41/h4-14,31,41H,3,15-22H2,1-2H3,(H,37,42)(H,38,43). The maximum atomic E-state index is 11.8. The Balaban J connectivity index is 1.24. The van der Waals surface area contributed by atoms with Crippen molar-refractivity contribution in [3.63, 3.8) is 0 Å². The highest BCUT2D eigenvalue weighted by Crippen LogP contribution is 2.54. The number of aliphatic hydroxyl groups is 1. The summed E-state index contributed by atoms with van der Waals surface area (Å²) in [5, 5.41) is 16.5. The number of halogens is 1. The molecule has 1 fully saturated rings. The predicted octanol–water partition coefficient (Wildman–Crippen LogP) is 4.91. The third-order valence-corrected chi connectivity index (χ3v) is 9.34. The van der Waals surface area contributed by atoms with Crippen LogP contribution >= 0.6 is 11.6 Å². The van der Waals surface area contributed by atoms with Gasteiger partial charge in [0.05, 0.1) is 19.8 Å². The van der Waals surface area contributed by atoms with Crippen molar-refractivity contribution in [2.24, 2.45) is 5.41 Å². The molecule has 2 heterocycles. The van der Waals surface area contributed by atoms with Crippen molar-refractivity contribution in [2.75, 3.05) is 49.9 Å². The number of hydrogen-bond acceptors (Lipinski definition) is 6. The maximum absolute atomic E-state index is 11.8. The quantitative estimate of drug-likeness (QED) is 0.281. The zero-order chi connectivity index (χ0) is 30.8. The number of nitrogens with zero attached hydrogens (tertiary/aromatic N) is 2. The van der Waals surface area contributed by atoms with Gasteiger partial charge in [-0.3, -0.25) is 19.4 Å². The molecule has 0 bridgehead atoms. The fourth-order valence-electron chi connectivity index (χ4n) is 7.16. The minimum Gasteiger partial charge on any atom is -0.497 e. The van der Waals surface area contributed by atoms with E-state index in [1.165, 1.54) is 27.8 Å². The van der Waals surface area contributed by atoms with Gasteiger partial charge in [-0.05, 0) is 76.2 Å². The first kappa shape index (κ1) is 30.3. The van der Waals surface area contributed by atoms with Gasteiger partial charge >= 0.3 is 0 Å². The van der Waals surface area contributed by atoms with Crippen LogP contribution in [-0.4, -0.2) is 72.0 Å². The van der Waals surface area contributed by atoms with E-state index in [1.807, 2.05) is 37.3 Å². The molecule has 3 N–H and O–H groups in total. The number of alkyl halides is 1. The third-order valence-electron chi connectivity index (χ3n) is 9.10. The lowest BCUT2D eigenvalue weighted by molar-refractivity contribution is -0.116. The summed E-state index contributed by atoms with van der Waals surface area (Å²) >= 11 is 5.63. The molecule has 0 saturated carbocycles. The Morgan fingerprint density at radius 2 is 1.57 bits per heavy atom. The first-order valence-electron chi connectivity index (χ1n) is 15.2. The number of amides is 2. The van der Waals surface area contributed by atoms with Crippen molar-refractivity contribution in [1.29, 1.82) is 0 Å². The predicted molar refractivity (Wildman–Crippen MR) is 174 cm³/mol. The molecule has 3 aromatic carbocycles. The largest absolute Gasteiger partial charge is 0.497 e. The Hall–Kier alpha value is -3.69. The number of benzene rings is 3. The van der Waals surface area contributed by atoms with E-state index in [-0.39, 0.29) is 35.8 Å². The van der Waals surface area contributed by atoms with Gasteiger partial charge in [-0.25, -0.2) is 0 Å². The van der Waals surface area contributed by atoms with Gasteiger partial charge in [0.1, 0.15) is 11.6 Å². The minimum absolute atomic E-state index is 0.00321. The van der Waals surface area contributed by atoms with Crippen molar-refractivity contribution >= 4 is 40.4 Å². The summed E-state index contributed by atoms with van der Waals surface area (Å²) in [6.45, 7) is 6.10.